The van der Waals surface area contributed by atoms with Gasteiger partial charge in [0.1, 0.15) is 6.61 Å². The first kappa shape index (κ1) is 19.3. The van der Waals surface area contributed by atoms with Gasteiger partial charge in [0.2, 0.25) is 0 Å². The van der Waals surface area contributed by atoms with Crippen LogP contribution in [0.15, 0.2) is 30.9 Å². The Hall–Kier alpha value is -2.01. The smallest absolute Gasteiger partial charge is 0.254 e. The molecular weight excluding hydrogens is 318 g/mol. The lowest BCUT2D eigenvalue weighted by atomic mass is 9.78. The summed E-state index contributed by atoms with van der Waals surface area (Å²) in [5.41, 5.74) is 0.406. The van der Waals surface area contributed by atoms with Gasteiger partial charge in [-0.2, -0.15) is 0 Å². The van der Waals surface area contributed by atoms with Crippen molar-refractivity contribution in [3.8, 4) is 11.5 Å². The van der Waals surface area contributed by atoms with Crippen molar-refractivity contribution < 1.29 is 19.4 Å². The maximum atomic E-state index is 12.9. The van der Waals surface area contributed by atoms with Crippen LogP contribution in [0.1, 0.15) is 43.5 Å². The van der Waals surface area contributed by atoms with Crippen molar-refractivity contribution in [3.05, 3.63) is 36.4 Å². The zero-order valence-corrected chi connectivity index (χ0v) is 15.3. The summed E-state index contributed by atoms with van der Waals surface area (Å²) in [5, 5.41) is 9.76. The number of hydrogen-bond acceptors (Lipinski definition) is 4. The van der Waals surface area contributed by atoms with E-state index in [1.54, 1.807) is 24.3 Å². The summed E-state index contributed by atoms with van der Waals surface area (Å²) in [5.74, 6) is 1.15. The van der Waals surface area contributed by atoms with Crippen molar-refractivity contribution in [1.29, 1.82) is 0 Å². The molecule has 1 aliphatic heterocycles. The van der Waals surface area contributed by atoms with Crippen LogP contribution in [-0.2, 0) is 0 Å². The highest BCUT2D eigenvalue weighted by Crippen LogP contribution is 2.34. The molecule has 1 N–H and O–H groups in total. The molecule has 25 heavy (non-hydrogen) atoms. The summed E-state index contributed by atoms with van der Waals surface area (Å²) < 4.78 is 11.2. The number of carbonyl (C=O) groups excluding carboxylic acids is 1. The van der Waals surface area contributed by atoms with Crippen LogP contribution in [0.3, 0.4) is 0 Å². The molecule has 0 aliphatic carbocycles. The van der Waals surface area contributed by atoms with Gasteiger partial charge in [0.15, 0.2) is 11.5 Å². The molecule has 1 heterocycles. The number of hydrogen-bond donors (Lipinski definition) is 1. The minimum Gasteiger partial charge on any atom is -0.490 e. The van der Waals surface area contributed by atoms with Crippen molar-refractivity contribution in [2.45, 2.75) is 33.1 Å². The molecule has 1 atom stereocenters. The molecular formula is C20H29NO4. The van der Waals surface area contributed by atoms with Crippen LogP contribution in [-0.4, -0.2) is 48.8 Å². The Labute approximate surface area is 150 Å². The molecule has 0 bridgehead atoms. The fourth-order valence-corrected chi connectivity index (χ4v) is 3.27. The Kier molecular flexibility index (Phi) is 6.88. The lowest BCUT2D eigenvalue weighted by Crippen LogP contribution is -2.47. The SMILES string of the molecule is C=CCOc1ccc(C(=O)N2CCC[C@@](CC)(CO)C2)cc1OCC. The third-order valence-corrected chi connectivity index (χ3v) is 4.88. The number of ether oxygens (including phenoxy) is 2. The molecule has 138 valence electrons. The minimum atomic E-state index is -0.177. The number of nitrogens with zero attached hydrogens (tertiary/aromatic N) is 1. The van der Waals surface area contributed by atoms with Gasteiger partial charge in [-0.05, 0) is 44.4 Å². The zero-order chi connectivity index (χ0) is 18.3. The Morgan fingerprint density at radius 2 is 2.16 bits per heavy atom. The van der Waals surface area contributed by atoms with Crippen molar-refractivity contribution in [2.24, 2.45) is 5.41 Å². The van der Waals surface area contributed by atoms with Crippen molar-refractivity contribution in [2.75, 3.05) is 32.9 Å². The van der Waals surface area contributed by atoms with Gasteiger partial charge in [0, 0.05) is 24.1 Å². The topological polar surface area (TPSA) is 59.0 Å². The summed E-state index contributed by atoms with van der Waals surface area (Å²) in [6.07, 6.45) is 4.41. The number of rotatable bonds is 8. The van der Waals surface area contributed by atoms with Crippen LogP contribution in [0.25, 0.3) is 0 Å². The highest BCUT2D eigenvalue weighted by atomic mass is 16.5. The number of amides is 1. The first-order valence-corrected chi connectivity index (χ1v) is 8.99. The van der Waals surface area contributed by atoms with E-state index in [2.05, 4.69) is 13.5 Å². The molecule has 0 aromatic heterocycles. The zero-order valence-electron chi connectivity index (χ0n) is 15.3. The summed E-state index contributed by atoms with van der Waals surface area (Å²) in [6, 6.07) is 5.28. The largest absolute Gasteiger partial charge is 0.490 e. The average molecular weight is 347 g/mol. The molecule has 5 nitrogen and oxygen atoms in total. The first-order valence-electron chi connectivity index (χ1n) is 8.99. The third kappa shape index (κ3) is 4.54. The Bertz CT molecular complexity index is 595. The van der Waals surface area contributed by atoms with Crippen molar-refractivity contribution in [3.63, 3.8) is 0 Å². The van der Waals surface area contributed by atoms with Gasteiger partial charge >= 0.3 is 0 Å². The third-order valence-electron chi connectivity index (χ3n) is 4.88. The van der Waals surface area contributed by atoms with E-state index in [1.807, 2.05) is 11.8 Å². The van der Waals surface area contributed by atoms with Crippen molar-refractivity contribution >= 4 is 5.91 Å². The minimum absolute atomic E-state index is 0.0257. The molecule has 1 fully saturated rings. The Morgan fingerprint density at radius 3 is 2.80 bits per heavy atom. The lowest BCUT2D eigenvalue weighted by molar-refractivity contribution is 0.0251. The number of benzene rings is 1. The van der Waals surface area contributed by atoms with E-state index < -0.39 is 0 Å². The number of aliphatic hydroxyl groups is 1. The molecule has 0 radical (unpaired) electrons. The predicted octanol–water partition coefficient (Wildman–Crippen LogP) is 3.27. The molecule has 2 rings (SSSR count). The highest BCUT2D eigenvalue weighted by molar-refractivity contribution is 5.95. The molecule has 1 amide bonds. The van der Waals surface area contributed by atoms with E-state index in [0.717, 1.165) is 25.8 Å². The summed E-state index contributed by atoms with van der Waals surface area (Å²) >= 11 is 0. The number of piperidine rings is 1. The van der Waals surface area contributed by atoms with E-state index in [9.17, 15) is 9.90 Å². The van der Waals surface area contributed by atoms with Crippen LogP contribution in [0.4, 0.5) is 0 Å². The molecule has 5 heteroatoms. The van der Waals surface area contributed by atoms with Gasteiger partial charge in [0.05, 0.1) is 13.2 Å². The number of likely N-dealkylation sites (tertiary alicyclic amines) is 1. The maximum Gasteiger partial charge on any atom is 0.254 e. The molecule has 1 aromatic carbocycles. The molecule has 0 unspecified atom stereocenters. The van der Waals surface area contributed by atoms with Crippen LogP contribution < -0.4 is 9.47 Å². The Balaban J connectivity index is 2.20. The highest BCUT2D eigenvalue weighted by Gasteiger charge is 2.35. The second-order valence-corrected chi connectivity index (χ2v) is 6.54. The monoisotopic (exact) mass is 347 g/mol. The van der Waals surface area contributed by atoms with Gasteiger partial charge in [-0.1, -0.05) is 19.6 Å². The van der Waals surface area contributed by atoms with Gasteiger partial charge in [-0.15, -0.1) is 0 Å². The van der Waals surface area contributed by atoms with Gasteiger partial charge in [0.25, 0.3) is 5.91 Å². The normalized spacial score (nSPS) is 20.2. The Morgan fingerprint density at radius 1 is 1.36 bits per heavy atom. The summed E-state index contributed by atoms with van der Waals surface area (Å²) in [6.45, 7) is 9.92. The molecule has 1 aromatic rings. The van der Waals surface area contributed by atoms with E-state index >= 15 is 0 Å². The van der Waals surface area contributed by atoms with Crippen LogP contribution in [0.2, 0.25) is 0 Å². The summed E-state index contributed by atoms with van der Waals surface area (Å²) in [4.78, 5) is 14.8. The molecule has 1 saturated heterocycles. The standard InChI is InChI=1S/C20H29NO4/c1-4-12-25-17-9-8-16(13-18(17)24-6-3)19(23)21-11-7-10-20(5-2,14-21)15-22/h4,8-9,13,22H,1,5-7,10-12,14-15H2,2-3H3/t20-/m1/s1. The van der Waals surface area contributed by atoms with Gasteiger partial charge in [-0.25, -0.2) is 0 Å². The van der Waals surface area contributed by atoms with Crippen LogP contribution in [0.5, 0.6) is 11.5 Å². The van der Waals surface area contributed by atoms with Crippen LogP contribution >= 0.6 is 0 Å². The maximum absolute atomic E-state index is 12.9. The molecule has 0 spiro atoms. The fourth-order valence-electron chi connectivity index (χ4n) is 3.27. The number of aliphatic hydroxyl groups excluding tert-OH is 1. The molecule has 1 aliphatic rings. The average Bonchev–Trinajstić information content (AvgIpc) is 2.66. The fraction of sp³-hybridized carbons (Fsp3) is 0.550. The lowest BCUT2D eigenvalue weighted by Gasteiger charge is -2.41. The van der Waals surface area contributed by atoms with Crippen molar-refractivity contribution in [1.82, 2.24) is 4.90 Å². The second-order valence-electron chi connectivity index (χ2n) is 6.54. The second kappa shape index (κ2) is 8.90. The number of carbonyl (C=O) groups is 1. The van der Waals surface area contributed by atoms with E-state index in [-0.39, 0.29) is 17.9 Å². The summed E-state index contributed by atoms with van der Waals surface area (Å²) in [7, 11) is 0. The molecule has 0 saturated carbocycles. The van der Waals surface area contributed by atoms with Gasteiger partial charge < -0.3 is 19.5 Å². The van der Waals surface area contributed by atoms with E-state index in [0.29, 0.717) is 36.8 Å². The van der Waals surface area contributed by atoms with Crippen LogP contribution in [0, 0.1) is 5.41 Å². The predicted molar refractivity (Wildman–Crippen MR) is 98.3 cm³/mol. The van der Waals surface area contributed by atoms with E-state index in [4.69, 9.17) is 9.47 Å². The van der Waals surface area contributed by atoms with Gasteiger partial charge in [-0.3, -0.25) is 4.79 Å². The quantitative estimate of drug-likeness (QED) is 0.733. The first-order chi connectivity index (χ1) is 12.1. The van der Waals surface area contributed by atoms with E-state index in [1.165, 1.54) is 0 Å².